The third-order valence-corrected chi connectivity index (χ3v) is 3.10. The monoisotopic (exact) mass is 197 g/mol. The quantitative estimate of drug-likeness (QED) is 0.733. The lowest BCUT2D eigenvalue weighted by Gasteiger charge is -2.18. The van der Waals surface area contributed by atoms with E-state index >= 15 is 0 Å². The van der Waals surface area contributed by atoms with Gasteiger partial charge in [0, 0.05) is 5.38 Å². The third kappa shape index (κ3) is 1.51. The predicted octanol–water partition coefficient (Wildman–Crippen LogP) is 1.63. The van der Waals surface area contributed by atoms with Crippen LogP contribution in [0.2, 0.25) is 0 Å². The van der Waals surface area contributed by atoms with E-state index in [4.69, 9.17) is 0 Å². The predicted molar refractivity (Wildman–Crippen MR) is 49.9 cm³/mol. The van der Waals surface area contributed by atoms with Crippen LogP contribution < -0.4 is 0 Å². The second-order valence-corrected chi connectivity index (χ2v) is 4.16. The Balaban J connectivity index is 2.21. The van der Waals surface area contributed by atoms with Crippen LogP contribution in [-0.4, -0.2) is 21.5 Å². The Kier molecular flexibility index (Phi) is 2.17. The number of ketones is 1. The summed E-state index contributed by atoms with van der Waals surface area (Å²) in [4.78, 5) is 15.6. The fourth-order valence-corrected chi connectivity index (χ4v) is 2.28. The van der Waals surface area contributed by atoms with Crippen molar-refractivity contribution in [3.63, 3.8) is 0 Å². The molecule has 1 heterocycles. The van der Waals surface area contributed by atoms with Crippen LogP contribution in [0, 0.1) is 0 Å². The Labute approximate surface area is 80.4 Å². The molecule has 1 aromatic heterocycles. The summed E-state index contributed by atoms with van der Waals surface area (Å²) in [6, 6.07) is 0. The normalized spacial score (nSPS) is 20.4. The molecule has 4 heteroatoms. The largest absolute Gasteiger partial charge is 0.382 e. The van der Waals surface area contributed by atoms with Crippen molar-refractivity contribution in [2.24, 2.45) is 0 Å². The zero-order chi connectivity index (χ0) is 9.31. The zero-order valence-corrected chi connectivity index (χ0v) is 8.01. The molecule has 1 N–H and O–H groups in total. The fourth-order valence-electron chi connectivity index (χ4n) is 1.75. The zero-order valence-electron chi connectivity index (χ0n) is 7.19. The maximum Gasteiger partial charge on any atom is 0.213 e. The van der Waals surface area contributed by atoms with Crippen molar-refractivity contribution in [1.29, 1.82) is 0 Å². The summed E-state index contributed by atoms with van der Waals surface area (Å²) in [5, 5.41) is 11.6. The maximum absolute atomic E-state index is 11.7. The van der Waals surface area contributed by atoms with E-state index < -0.39 is 5.60 Å². The molecule has 1 aromatic rings. The molecule has 2 rings (SSSR count). The van der Waals surface area contributed by atoms with Gasteiger partial charge >= 0.3 is 0 Å². The number of aliphatic hydroxyl groups is 1. The van der Waals surface area contributed by atoms with Gasteiger partial charge in [0.2, 0.25) is 5.78 Å². The number of hydrogen-bond donors (Lipinski definition) is 1. The number of nitrogens with zero attached hydrogens (tertiary/aromatic N) is 1. The van der Waals surface area contributed by atoms with Gasteiger partial charge in [0.05, 0.1) is 5.51 Å². The minimum atomic E-state index is -1.12. The Morgan fingerprint density at radius 1 is 1.54 bits per heavy atom. The summed E-state index contributed by atoms with van der Waals surface area (Å²) in [5.41, 5.74) is 0.911. The first kappa shape index (κ1) is 8.84. The molecule has 0 saturated heterocycles. The number of aromatic nitrogens is 1. The molecule has 0 spiro atoms. The maximum atomic E-state index is 11.7. The van der Waals surface area contributed by atoms with Gasteiger partial charge in [0.1, 0.15) is 11.3 Å². The van der Waals surface area contributed by atoms with E-state index in [9.17, 15) is 9.90 Å². The minimum absolute atomic E-state index is 0.203. The van der Waals surface area contributed by atoms with Crippen molar-refractivity contribution in [3.8, 4) is 0 Å². The topological polar surface area (TPSA) is 50.2 Å². The molecular weight excluding hydrogens is 186 g/mol. The molecule has 1 saturated carbocycles. The van der Waals surface area contributed by atoms with E-state index in [-0.39, 0.29) is 5.78 Å². The van der Waals surface area contributed by atoms with Crippen LogP contribution in [-0.2, 0) is 0 Å². The summed E-state index contributed by atoms with van der Waals surface area (Å²) < 4.78 is 0. The molecule has 1 fully saturated rings. The van der Waals surface area contributed by atoms with Crippen molar-refractivity contribution >= 4 is 17.1 Å². The molecule has 0 amide bonds. The number of thiazole rings is 1. The summed E-state index contributed by atoms with van der Waals surface area (Å²) in [6.45, 7) is 0. The molecule has 0 bridgehead atoms. The molecule has 1 aliphatic rings. The van der Waals surface area contributed by atoms with Crippen molar-refractivity contribution in [2.45, 2.75) is 31.3 Å². The average molecular weight is 197 g/mol. The van der Waals surface area contributed by atoms with Crippen molar-refractivity contribution in [1.82, 2.24) is 4.98 Å². The fraction of sp³-hybridized carbons (Fsp3) is 0.556. The number of carbonyl (C=O) groups is 1. The first-order chi connectivity index (χ1) is 6.22. The van der Waals surface area contributed by atoms with E-state index in [1.165, 1.54) is 11.3 Å². The Bertz CT molecular complexity index is 301. The Morgan fingerprint density at radius 2 is 2.23 bits per heavy atom. The van der Waals surface area contributed by atoms with Gasteiger partial charge in [-0.25, -0.2) is 4.98 Å². The number of carbonyl (C=O) groups excluding carboxylic acids is 1. The molecule has 70 valence electrons. The summed E-state index contributed by atoms with van der Waals surface area (Å²) in [7, 11) is 0. The summed E-state index contributed by atoms with van der Waals surface area (Å²) >= 11 is 1.38. The number of Topliss-reactive ketones (excluding diaryl/α,β-unsaturated/α-hetero) is 1. The van der Waals surface area contributed by atoms with Gasteiger partial charge in [-0.05, 0) is 25.7 Å². The summed E-state index contributed by atoms with van der Waals surface area (Å²) in [6.07, 6.45) is 3.05. The highest BCUT2D eigenvalue weighted by molar-refractivity contribution is 7.07. The lowest BCUT2D eigenvalue weighted by molar-refractivity contribution is 0.0348. The molecule has 3 nitrogen and oxygen atoms in total. The van der Waals surface area contributed by atoms with E-state index in [1.807, 2.05) is 0 Å². The first-order valence-electron chi connectivity index (χ1n) is 4.38. The molecule has 1 aliphatic carbocycles. The van der Waals surface area contributed by atoms with E-state index in [1.54, 1.807) is 10.9 Å². The lowest BCUT2D eigenvalue weighted by atomic mass is 9.95. The van der Waals surface area contributed by atoms with Crippen molar-refractivity contribution in [3.05, 3.63) is 16.6 Å². The second kappa shape index (κ2) is 3.20. The highest BCUT2D eigenvalue weighted by atomic mass is 32.1. The highest BCUT2D eigenvalue weighted by Crippen LogP contribution is 2.32. The van der Waals surface area contributed by atoms with Gasteiger partial charge in [0.15, 0.2) is 0 Å². The molecule has 0 radical (unpaired) electrons. The standard InChI is InChI=1S/C9H11NO2S/c11-8(7-5-13-6-10-7)9(12)3-1-2-4-9/h5-6,12H,1-4H2. The number of hydrogen-bond acceptors (Lipinski definition) is 4. The van der Waals surface area contributed by atoms with Gasteiger partial charge in [-0.3, -0.25) is 4.79 Å². The van der Waals surface area contributed by atoms with Gasteiger partial charge in [0.25, 0.3) is 0 Å². The molecule has 0 aromatic carbocycles. The van der Waals surface area contributed by atoms with Crippen molar-refractivity contribution in [2.75, 3.05) is 0 Å². The minimum Gasteiger partial charge on any atom is -0.382 e. The first-order valence-corrected chi connectivity index (χ1v) is 5.32. The number of rotatable bonds is 2. The Morgan fingerprint density at radius 3 is 2.77 bits per heavy atom. The SMILES string of the molecule is O=C(c1cscn1)C1(O)CCCC1. The molecule has 0 aliphatic heterocycles. The average Bonchev–Trinajstić information content (AvgIpc) is 2.73. The van der Waals surface area contributed by atoms with E-state index in [0.717, 1.165) is 12.8 Å². The molecular formula is C9H11NO2S. The van der Waals surface area contributed by atoms with Crippen LogP contribution in [0.25, 0.3) is 0 Å². The van der Waals surface area contributed by atoms with E-state index in [0.29, 0.717) is 18.5 Å². The smallest absolute Gasteiger partial charge is 0.213 e. The van der Waals surface area contributed by atoms with Crippen LogP contribution in [0.15, 0.2) is 10.9 Å². The van der Waals surface area contributed by atoms with E-state index in [2.05, 4.69) is 4.98 Å². The highest BCUT2D eigenvalue weighted by Gasteiger charge is 2.39. The summed E-state index contributed by atoms with van der Waals surface area (Å²) in [5.74, 6) is -0.203. The third-order valence-electron chi connectivity index (χ3n) is 2.52. The van der Waals surface area contributed by atoms with Crippen LogP contribution in [0.3, 0.4) is 0 Å². The molecule has 13 heavy (non-hydrogen) atoms. The van der Waals surface area contributed by atoms with Gasteiger partial charge in [-0.1, -0.05) is 0 Å². The van der Waals surface area contributed by atoms with Crippen LogP contribution in [0.1, 0.15) is 36.2 Å². The van der Waals surface area contributed by atoms with Crippen molar-refractivity contribution < 1.29 is 9.90 Å². The van der Waals surface area contributed by atoms with Gasteiger partial charge in [-0.15, -0.1) is 11.3 Å². The second-order valence-electron chi connectivity index (χ2n) is 3.44. The van der Waals surface area contributed by atoms with Crippen LogP contribution >= 0.6 is 11.3 Å². The van der Waals surface area contributed by atoms with Gasteiger partial charge in [-0.2, -0.15) is 0 Å². The lowest BCUT2D eigenvalue weighted by Crippen LogP contribution is -2.35. The molecule has 0 atom stereocenters. The molecule has 0 unspecified atom stereocenters. The van der Waals surface area contributed by atoms with Crippen LogP contribution in [0.4, 0.5) is 0 Å². The van der Waals surface area contributed by atoms with Crippen LogP contribution in [0.5, 0.6) is 0 Å². The Hall–Kier alpha value is -0.740. The van der Waals surface area contributed by atoms with Gasteiger partial charge < -0.3 is 5.11 Å².